The Hall–Kier alpha value is -1.56. The first-order chi connectivity index (χ1) is 8.74. The Balaban J connectivity index is 1.97. The fraction of sp³-hybridized carbons (Fsp3) is 0.417. The van der Waals surface area contributed by atoms with E-state index in [2.05, 4.69) is 9.97 Å². The Kier molecular flexibility index (Phi) is 2.95. The molecule has 0 amide bonds. The number of hydrogen-bond donors (Lipinski definition) is 1. The second-order valence-electron chi connectivity index (χ2n) is 4.23. The SMILES string of the molecule is O=C(O)c1ccc2oc(C3CCCCS3)nc2n1. The summed E-state index contributed by atoms with van der Waals surface area (Å²) >= 11 is 1.84. The molecule has 2 aromatic rings. The summed E-state index contributed by atoms with van der Waals surface area (Å²) in [6.45, 7) is 0. The number of aromatic carboxylic acids is 1. The summed E-state index contributed by atoms with van der Waals surface area (Å²) < 4.78 is 5.65. The quantitative estimate of drug-likeness (QED) is 0.898. The van der Waals surface area contributed by atoms with Crippen LogP contribution in [0.3, 0.4) is 0 Å². The van der Waals surface area contributed by atoms with E-state index in [1.807, 2.05) is 11.8 Å². The first-order valence-electron chi connectivity index (χ1n) is 5.86. The zero-order valence-corrected chi connectivity index (χ0v) is 10.4. The number of thioether (sulfide) groups is 1. The molecule has 0 aromatic carbocycles. The van der Waals surface area contributed by atoms with Crippen molar-refractivity contribution >= 4 is 29.0 Å². The van der Waals surface area contributed by atoms with Gasteiger partial charge in [-0.2, -0.15) is 4.98 Å². The lowest BCUT2D eigenvalue weighted by atomic mass is 10.2. The average Bonchev–Trinajstić information content (AvgIpc) is 2.82. The van der Waals surface area contributed by atoms with E-state index in [1.54, 1.807) is 6.07 Å². The minimum atomic E-state index is -1.05. The molecule has 1 N–H and O–H groups in total. The van der Waals surface area contributed by atoms with E-state index in [4.69, 9.17) is 9.52 Å². The second kappa shape index (κ2) is 4.61. The number of carbonyl (C=O) groups is 1. The third kappa shape index (κ3) is 2.08. The second-order valence-corrected chi connectivity index (χ2v) is 5.54. The fourth-order valence-corrected chi connectivity index (χ4v) is 3.26. The molecule has 1 atom stereocenters. The molecule has 5 nitrogen and oxygen atoms in total. The van der Waals surface area contributed by atoms with Crippen molar-refractivity contribution in [2.24, 2.45) is 0 Å². The molecule has 3 rings (SSSR count). The van der Waals surface area contributed by atoms with E-state index < -0.39 is 5.97 Å². The summed E-state index contributed by atoms with van der Waals surface area (Å²) in [6, 6.07) is 3.06. The van der Waals surface area contributed by atoms with Crippen molar-refractivity contribution in [2.75, 3.05) is 5.75 Å². The fourth-order valence-electron chi connectivity index (χ4n) is 2.03. The maximum absolute atomic E-state index is 10.8. The van der Waals surface area contributed by atoms with Crippen LogP contribution in [0, 0.1) is 0 Å². The number of fused-ring (bicyclic) bond motifs is 1. The van der Waals surface area contributed by atoms with Crippen molar-refractivity contribution in [3.05, 3.63) is 23.7 Å². The smallest absolute Gasteiger partial charge is 0.354 e. The van der Waals surface area contributed by atoms with Gasteiger partial charge >= 0.3 is 5.97 Å². The topological polar surface area (TPSA) is 76.2 Å². The molecule has 0 bridgehead atoms. The highest BCUT2D eigenvalue weighted by Gasteiger charge is 2.22. The molecule has 2 aromatic heterocycles. The van der Waals surface area contributed by atoms with E-state index in [0.29, 0.717) is 17.1 Å². The molecule has 0 aliphatic carbocycles. The van der Waals surface area contributed by atoms with Gasteiger partial charge < -0.3 is 9.52 Å². The highest BCUT2D eigenvalue weighted by Crippen LogP contribution is 2.38. The Bertz CT molecular complexity index is 590. The van der Waals surface area contributed by atoms with Gasteiger partial charge in [-0.1, -0.05) is 6.42 Å². The minimum absolute atomic E-state index is 0.00125. The van der Waals surface area contributed by atoms with Crippen LogP contribution in [0.2, 0.25) is 0 Å². The predicted molar refractivity (Wildman–Crippen MR) is 67.8 cm³/mol. The van der Waals surface area contributed by atoms with Crippen LogP contribution >= 0.6 is 11.8 Å². The van der Waals surface area contributed by atoms with Gasteiger partial charge in [-0.3, -0.25) is 0 Å². The van der Waals surface area contributed by atoms with Crippen LogP contribution in [0.1, 0.15) is 40.9 Å². The summed E-state index contributed by atoms with van der Waals surface area (Å²) in [5.41, 5.74) is 0.941. The number of pyridine rings is 1. The van der Waals surface area contributed by atoms with Crippen LogP contribution in [-0.4, -0.2) is 26.8 Å². The summed E-state index contributed by atoms with van der Waals surface area (Å²) in [7, 11) is 0. The Morgan fingerprint density at radius 3 is 3.00 bits per heavy atom. The summed E-state index contributed by atoms with van der Waals surface area (Å²) in [5.74, 6) is 0.746. The molecule has 1 fully saturated rings. The van der Waals surface area contributed by atoms with Crippen LogP contribution < -0.4 is 0 Å². The number of hydrogen-bond acceptors (Lipinski definition) is 5. The van der Waals surface area contributed by atoms with E-state index in [9.17, 15) is 4.79 Å². The Morgan fingerprint density at radius 1 is 1.39 bits per heavy atom. The van der Waals surface area contributed by atoms with Gasteiger partial charge in [0, 0.05) is 0 Å². The monoisotopic (exact) mass is 264 g/mol. The van der Waals surface area contributed by atoms with Crippen molar-refractivity contribution < 1.29 is 14.3 Å². The molecule has 0 radical (unpaired) electrons. The molecule has 1 aliphatic heterocycles. The Labute approximate surface area is 108 Å². The number of oxazole rings is 1. The maximum Gasteiger partial charge on any atom is 0.354 e. The van der Waals surface area contributed by atoms with Gasteiger partial charge in [0.2, 0.25) is 5.89 Å². The standard InChI is InChI=1S/C12H12N2O3S/c15-12(16)7-4-5-8-10(13-7)14-11(17-8)9-3-1-2-6-18-9/h4-5,9H,1-3,6H2,(H,15,16). The van der Waals surface area contributed by atoms with E-state index in [1.165, 1.54) is 18.9 Å². The highest BCUT2D eigenvalue weighted by molar-refractivity contribution is 7.99. The van der Waals surface area contributed by atoms with Gasteiger partial charge in [0.05, 0.1) is 5.25 Å². The maximum atomic E-state index is 10.8. The third-order valence-corrected chi connectivity index (χ3v) is 4.31. The van der Waals surface area contributed by atoms with Crippen molar-refractivity contribution in [3.8, 4) is 0 Å². The van der Waals surface area contributed by atoms with Gasteiger partial charge in [-0.05, 0) is 30.7 Å². The van der Waals surface area contributed by atoms with Gasteiger partial charge in [-0.15, -0.1) is 11.8 Å². The van der Waals surface area contributed by atoms with Gasteiger partial charge in [0.1, 0.15) is 0 Å². The summed E-state index contributed by atoms with van der Waals surface area (Å²) in [4.78, 5) is 19.1. The molecule has 94 valence electrons. The molecule has 1 unspecified atom stereocenters. The molecular formula is C12H12N2O3S. The highest BCUT2D eigenvalue weighted by atomic mass is 32.2. The molecular weight excluding hydrogens is 252 g/mol. The van der Waals surface area contributed by atoms with Crippen LogP contribution in [0.25, 0.3) is 11.2 Å². The molecule has 1 saturated heterocycles. The molecule has 1 aliphatic rings. The van der Waals surface area contributed by atoms with Crippen molar-refractivity contribution in [1.82, 2.24) is 9.97 Å². The minimum Gasteiger partial charge on any atom is -0.477 e. The number of rotatable bonds is 2. The first-order valence-corrected chi connectivity index (χ1v) is 6.91. The normalized spacial score (nSPS) is 20.1. The average molecular weight is 264 g/mol. The largest absolute Gasteiger partial charge is 0.477 e. The van der Waals surface area contributed by atoms with Crippen molar-refractivity contribution in [2.45, 2.75) is 24.5 Å². The van der Waals surface area contributed by atoms with Crippen LogP contribution in [0.4, 0.5) is 0 Å². The lowest BCUT2D eigenvalue weighted by Gasteiger charge is -2.17. The summed E-state index contributed by atoms with van der Waals surface area (Å²) in [6.07, 6.45) is 3.48. The number of carboxylic acid groups (broad SMARTS) is 1. The molecule has 3 heterocycles. The zero-order chi connectivity index (χ0) is 12.5. The van der Waals surface area contributed by atoms with Gasteiger partial charge in [0.15, 0.2) is 16.9 Å². The molecule has 0 spiro atoms. The van der Waals surface area contributed by atoms with Crippen LogP contribution in [0.5, 0.6) is 0 Å². The van der Waals surface area contributed by atoms with Crippen molar-refractivity contribution in [1.29, 1.82) is 0 Å². The first kappa shape index (κ1) is 11.5. The van der Waals surface area contributed by atoms with Gasteiger partial charge in [-0.25, -0.2) is 9.78 Å². The third-order valence-electron chi connectivity index (χ3n) is 2.94. The lowest BCUT2D eigenvalue weighted by Crippen LogP contribution is -2.02. The lowest BCUT2D eigenvalue weighted by molar-refractivity contribution is 0.0691. The van der Waals surface area contributed by atoms with Crippen molar-refractivity contribution in [3.63, 3.8) is 0 Å². The van der Waals surface area contributed by atoms with Gasteiger partial charge in [0.25, 0.3) is 0 Å². The summed E-state index contributed by atoms with van der Waals surface area (Å²) in [5, 5.41) is 9.15. The van der Waals surface area contributed by atoms with Crippen LogP contribution in [-0.2, 0) is 0 Å². The Morgan fingerprint density at radius 2 is 2.28 bits per heavy atom. The van der Waals surface area contributed by atoms with Crippen LogP contribution in [0.15, 0.2) is 16.5 Å². The number of nitrogens with zero attached hydrogens (tertiary/aromatic N) is 2. The number of carboxylic acids is 1. The molecule has 18 heavy (non-hydrogen) atoms. The van der Waals surface area contributed by atoms with E-state index in [0.717, 1.165) is 12.2 Å². The molecule has 6 heteroatoms. The zero-order valence-electron chi connectivity index (χ0n) is 9.63. The predicted octanol–water partition coefficient (Wildman–Crippen LogP) is 2.88. The van der Waals surface area contributed by atoms with E-state index in [-0.39, 0.29) is 10.9 Å². The van der Waals surface area contributed by atoms with E-state index >= 15 is 0 Å². The number of aromatic nitrogens is 2. The molecule has 0 saturated carbocycles.